The van der Waals surface area contributed by atoms with E-state index in [0.29, 0.717) is 5.69 Å². The molecule has 1 heterocycles. The molecule has 6 heteroatoms. The minimum absolute atomic E-state index is 0.0725. The number of nitrogens with zero attached hydrogens (tertiary/aromatic N) is 2. The predicted octanol–water partition coefficient (Wildman–Crippen LogP) is 2.71. The number of benzene rings is 1. The first-order chi connectivity index (χ1) is 8.65. The lowest BCUT2D eigenvalue weighted by Crippen LogP contribution is -2.13. The van der Waals surface area contributed by atoms with Gasteiger partial charge >= 0.3 is 0 Å². The Morgan fingerprint density at radius 2 is 1.94 bits per heavy atom. The van der Waals surface area contributed by atoms with Gasteiger partial charge in [0.15, 0.2) is 0 Å². The summed E-state index contributed by atoms with van der Waals surface area (Å²) < 4.78 is 0. The molecular weight excluding hydrogens is 268 g/mol. The number of amidine groups is 1. The van der Waals surface area contributed by atoms with Crippen LogP contribution in [0, 0.1) is 5.41 Å². The topological polar surface area (TPSA) is 75.7 Å². The predicted molar refractivity (Wildman–Crippen MR) is 74.1 cm³/mol. The molecule has 0 aliphatic heterocycles. The molecule has 4 nitrogen and oxygen atoms in total. The van der Waals surface area contributed by atoms with E-state index in [1.165, 1.54) is 11.8 Å². The molecule has 92 valence electrons. The van der Waals surface area contributed by atoms with Crippen LogP contribution in [-0.4, -0.2) is 15.8 Å². The maximum Gasteiger partial charge on any atom is 0.143 e. The molecule has 0 atom stereocenters. The van der Waals surface area contributed by atoms with Gasteiger partial charge in [-0.1, -0.05) is 23.7 Å². The fraction of sp³-hybridized carbons (Fsp3) is 0.0833. The number of nitrogens with one attached hydrogen (secondary N) is 1. The van der Waals surface area contributed by atoms with Crippen molar-refractivity contribution in [2.75, 3.05) is 0 Å². The second-order valence-corrected chi connectivity index (χ2v) is 5.00. The van der Waals surface area contributed by atoms with E-state index in [0.717, 1.165) is 15.8 Å². The van der Waals surface area contributed by atoms with Crippen LogP contribution in [0.4, 0.5) is 0 Å². The molecule has 0 amide bonds. The summed E-state index contributed by atoms with van der Waals surface area (Å²) in [6.45, 7) is 0. The lowest BCUT2D eigenvalue weighted by atomic mass is 10.2. The molecule has 0 fully saturated rings. The third-order valence-electron chi connectivity index (χ3n) is 2.20. The lowest BCUT2D eigenvalue weighted by molar-refractivity contribution is 1.04. The molecule has 0 radical (unpaired) electrons. The summed E-state index contributed by atoms with van der Waals surface area (Å²) in [7, 11) is 0. The maximum absolute atomic E-state index is 7.22. The van der Waals surface area contributed by atoms with Gasteiger partial charge in [0.25, 0.3) is 0 Å². The van der Waals surface area contributed by atoms with Gasteiger partial charge < -0.3 is 5.73 Å². The van der Waals surface area contributed by atoms with Gasteiger partial charge in [-0.05, 0) is 17.7 Å². The Morgan fingerprint density at radius 1 is 1.22 bits per heavy atom. The van der Waals surface area contributed by atoms with Crippen molar-refractivity contribution >= 4 is 29.2 Å². The minimum atomic E-state index is -0.0725. The Hall–Kier alpha value is -1.59. The lowest BCUT2D eigenvalue weighted by Gasteiger charge is -2.02. The van der Waals surface area contributed by atoms with Crippen LogP contribution in [0.1, 0.15) is 11.3 Å². The number of aromatic nitrogens is 2. The highest BCUT2D eigenvalue weighted by Crippen LogP contribution is 2.21. The molecule has 0 aliphatic carbocycles. The van der Waals surface area contributed by atoms with E-state index >= 15 is 0 Å². The van der Waals surface area contributed by atoms with E-state index in [1.54, 1.807) is 18.0 Å². The quantitative estimate of drug-likeness (QED) is 0.512. The first kappa shape index (κ1) is 12.9. The average Bonchev–Trinajstić information content (AvgIpc) is 2.38. The third-order valence-corrected chi connectivity index (χ3v) is 3.44. The van der Waals surface area contributed by atoms with Crippen LogP contribution < -0.4 is 5.73 Å². The number of hydrogen-bond donors (Lipinski definition) is 2. The van der Waals surface area contributed by atoms with Crippen molar-refractivity contribution in [2.45, 2.75) is 10.8 Å². The molecule has 0 unspecified atom stereocenters. The maximum atomic E-state index is 7.22. The molecule has 0 aliphatic rings. The number of nitrogen functional groups attached to an aromatic ring is 1. The molecule has 2 aromatic rings. The minimum Gasteiger partial charge on any atom is -0.382 e. The van der Waals surface area contributed by atoms with Crippen LogP contribution >= 0.6 is 23.4 Å². The third kappa shape index (κ3) is 3.45. The van der Waals surface area contributed by atoms with Crippen molar-refractivity contribution in [3.63, 3.8) is 0 Å². The average molecular weight is 279 g/mol. The van der Waals surface area contributed by atoms with Crippen LogP contribution in [0.3, 0.4) is 0 Å². The van der Waals surface area contributed by atoms with E-state index < -0.39 is 0 Å². The summed E-state index contributed by atoms with van der Waals surface area (Å²) in [6.07, 6.45) is 3.13. The highest BCUT2D eigenvalue weighted by Gasteiger charge is 2.01. The monoisotopic (exact) mass is 278 g/mol. The Labute approximate surface area is 114 Å². The van der Waals surface area contributed by atoms with Gasteiger partial charge in [-0.15, -0.1) is 11.8 Å². The van der Waals surface area contributed by atoms with Crippen LogP contribution in [0.5, 0.6) is 0 Å². The Morgan fingerprint density at radius 3 is 2.50 bits per heavy atom. The van der Waals surface area contributed by atoms with E-state index in [-0.39, 0.29) is 5.84 Å². The van der Waals surface area contributed by atoms with Gasteiger partial charge in [0, 0.05) is 10.8 Å². The zero-order chi connectivity index (χ0) is 13.0. The number of thioether (sulfide) groups is 1. The SMILES string of the molecule is N=C(N)c1cnc(SCc2ccc(Cl)cc2)cn1. The van der Waals surface area contributed by atoms with Gasteiger partial charge in [-0.3, -0.25) is 5.41 Å². The molecule has 0 spiro atoms. The second-order valence-electron chi connectivity index (χ2n) is 3.57. The number of hydrogen-bond acceptors (Lipinski definition) is 4. The zero-order valence-corrected chi connectivity index (χ0v) is 11.0. The van der Waals surface area contributed by atoms with E-state index in [9.17, 15) is 0 Å². The smallest absolute Gasteiger partial charge is 0.143 e. The van der Waals surface area contributed by atoms with Crippen molar-refractivity contribution in [1.29, 1.82) is 5.41 Å². The number of nitrogens with two attached hydrogens (primary N) is 1. The molecule has 3 N–H and O–H groups in total. The Kier molecular flexibility index (Phi) is 4.17. The molecule has 2 rings (SSSR count). The van der Waals surface area contributed by atoms with Gasteiger partial charge in [0.2, 0.25) is 0 Å². The molecular formula is C12H11ClN4S. The van der Waals surface area contributed by atoms with Crippen molar-refractivity contribution in [3.8, 4) is 0 Å². The van der Waals surface area contributed by atoms with Crippen molar-refractivity contribution in [2.24, 2.45) is 5.73 Å². The first-order valence-corrected chi connectivity index (χ1v) is 6.55. The molecule has 1 aromatic heterocycles. The fourth-order valence-corrected chi connectivity index (χ4v) is 2.16. The van der Waals surface area contributed by atoms with E-state index in [1.807, 2.05) is 24.3 Å². The summed E-state index contributed by atoms with van der Waals surface area (Å²) in [5.41, 5.74) is 6.87. The Balaban J connectivity index is 1.97. The summed E-state index contributed by atoms with van der Waals surface area (Å²) in [6, 6.07) is 7.68. The van der Waals surface area contributed by atoms with Crippen molar-refractivity contribution < 1.29 is 0 Å². The normalized spacial score (nSPS) is 10.3. The van der Waals surface area contributed by atoms with Crippen LogP contribution in [0.15, 0.2) is 41.7 Å². The number of rotatable bonds is 4. The van der Waals surface area contributed by atoms with E-state index in [4.69, 9.17) is 22.7 Å². The van der Waals surface area contributed by atoms with E-state index in [2.05, 4.69) is 9.97 Å². The van der Waals surface area contributed by atoms with Gasteiger partial charge in [0.1, 0.15) is 16.6 Å². The van der Waals surface area contributed by atoms with Gasteiger partial charge in [-0.2, -0.15) is 0 Å². The van der Waals surface area contributed by atoms with Crippen molar-refractivity contribution in [3.05, 3.63) is 52.9 Å². The van der Waals surface area contributed by atoms with Crippen LogP contribution in [0.25, 0.3) is 0 Å². The van der Waals surface area contributed by atoms with Crippen LogP contribution in [0.2, 0.25) is 5.02 Å². The second kappa shape index (κ2) is 5.84. The molecule has 0 saturated heterocycles. The molecule has 18 heavy (non-hydrogen) atoms. The summed E-state index contributed by atoms with van der Waals surface area (Å²) in [5.74, 6) is 0.724. The van der Waals surface area contributed by atoms with Crippen molar-refractivity contribution in [1.82, 2.24) is 9.97 Å². The molecule has 0 saturated carbocycles. The zero-order valence-electron chi connectivity index (χ0n) is 9.43. The summed E-state index contributed by atoms with van der Waals surface area (Å²) in [5, 5.41) is 8.75. The van der Waals surface area contributed by atoms with Gasteiger partial charge in [0.05, 0.1) is 12.4 Å². The first-order valence-electron chi connectivity index (χ1n) is 5.19. The van der Waals surface area contributed by atoms with Crippen LogP contribution in [-0.2, 0) is 5.75 Å². The number of halogens is 1. The van der Waals surface area contributed by atoms with Gasteiger partial charge in [-0.25, -0.2) is 9.97 Å². The standard InChI is InChI=1S/C12H11ClN4S/c13-9-3-1-8(2-4-9)7-18-11-6-16-10(5-17-11)12(14)15/h1-6H,7H2,(H3,14,15). The highest BCUT2D eigenvalue weighted by atomic mass is 35.5. The molecule has 0 bridgehead atoms. The summed E-state index contributed by atoms with van der Waals surface area (Å²) >= 11 is 7.39. The Bertz CT molecular complexity index is 539. The molecule has 1 aromatic carbocycles. The largest absolute Gasteiger partial charge is 0.382 e. The highest BCUT2D eigenvalue weighted by molar-refractivity contribution is 7.98. The fourth-order valence-electron chi connectivity index (χ4n) is 1.27. The summed E-state index contributed by atoms with van der Waals surface area (Å²) in [4.78, 5) is 8.24.